The zero-order chi connectivity index (χ0) is 29.7. The summed E-state index contributed by atoms with van der Waals surface area (Å²) in [5, 5.41) is 0. The van der Waals surface area contributed by atoms with Gasteiger partial charge in [-0.15, -0.1) is 0 Å². The number of hydrogen-bond acceptors (Lipinski definition) is 7. The summed E-state index contributed by atoms with van der Waals surface area (Å²) >= 11 is 0. The molecule has 1 aliphatic heterocycles. The molecule has 0 aliphatic carbocycles. The van der Waals surface area contributed by atoms with E-state index in [1.165, 1.54) is 16.8 Å². The number of morpholine rings is 1. The molecule has 0 amide bonds. The molecule has 43 heavy (non-hydrogen) atoms. The molecule has 1 saturated heterocycles. The lowest BCUT2D eigenvalue weighted by molar-refractivity contribution is 0.0338. The average molecular weight is 583 g/mol. The number of benzene rings is 4. The van der Waals surface area contributed by atoms with E-state index in [9.17, 15) is 0 Å². The van der Waals surface area contributed by atoms with Gasteiger partial charge >= 0.3 is 0 Å². The first-order valence-corrected chi connectivity index (χ1v) is 14.9. The zero-order valence-corrected chi connectivity index (χ0v) is 25.2. The Morgan fingerprint density at radius 3 is 1.84 bits per heavy atom. The van der Waals surface area contributed by atoms with Gasteiger partial charge in [-0.1, -0.05) is 48.5 Å². The van der Waals surface area contributed by atoms with Gasteiger partial charge in [-0.25, -0.2) is 0 Å². The van der Waals surface area contributed by atoms with Gasteiger partial charge in [0.05, 0.1) is 53.9 Å². The number of nitrogens with zero attached hydrogens (tertiary/aromatic N) is 2. The van der Waals surface area contributed by atoms with Crippen LogP contribution in [0.2, 0.25) is 0 Å². The highest BCUT2D eigenvalue weighted by Gasteiger charge is 2.13. The Labute approximate surface area is 255 Å². The zero-order valence-electron chi connectivity index (χ0n) is 25.2. The van der Waals surface area contributed by atoms with Gasteiger partial charge in [-0.3, -0.25) is 0 Å². The van der Waals surface area contributed by atoms with Crippen molar-refractivity contribution in [3.8, 4) is 11.5 Å². The Bertz CT molecular complexity index is 1400. The summed E-state index contributed by atoms with van der Waals surface area (Å²) in [4.78, 5) is 4.79. The lowest BCUT2D eigenvalue weighted by atomic mass is 10.1. The van der Waals surface area contributed by atoms with Crippen LogP contribution >= 0.6 is 0 Å². The Morgan fingerprint density at radius 2 is 1.19 bits per heavy atom. The summed E-state index contributed by atoms with van der Waals surface area (Å²) in [6, 6.07) is 33.7. The Morgan fingerprint density at radius 1 is 0.628 bits per heavy atom. The summed E-state index contributed by atoms with van der Waals surface area (Å²) in [5.74, 6) is 1.70. The molecule has 4 aromatic carbocycles. The van der Waals surface area contributed by atoms with E-state index in [0.717, 1.165) is 67.7 Å². The first-order valence-electron chi connectivity index (χ1n) is 14.9. The lowest BCUT2D eigenvalue weighted by Crippen LogP contribution is -2.36. The fraction of sp³-hybridized carbons (Fsp3) is 0.333. The Kier molecular flexibility index (Phi) is 11.3. The lowest BCUT2D eigenvalue weighted by Gasteiger charge is -2.29. The molecule has 7 heteroatoms. The van der Waals surface area contributed by atoms with E-state index in [4.69, 9.17) is 23.7 Å². The van der Waals surface area contributed by atoms with Gasteiger partial charge in [0.25, 0.3) is 0 Å². The van der Waals surface area contributed by atoms with E-state index in [-0.39, 0.29) is 0 Å². The van der Waals surface area contributed by atoms with Gasteiger partial charge in [0.1, 0.15) is 11.5 Å². The molecule has 0 unspecified atom stereocenters. The van der Waals surface area contributed by atoms with Crippen molar-refractivity contribution in [3.63, 3.8) is 0 Å². The van der Waals surface area contributed by atoms with Crippen LogP contribution in [0.3, 0.4) is 0 Å². The number of hydrogen-bond donors (Lipinski definition) is 0. The SMILES string of the molecule is COc1cccc(COCCOCc2cccc(N(Cc3ccc(N4CCOCC4)cc3)Cc3cccc(OC)c3)c2)c1. The minimum Gasteiger partial charge on any atom is -0.497 e. The molecule has 0 saturated carbocycles. The van der Waals surface area contributed by atoms with E-state index in [0.29, 0.717) is 26.4 Å². The minimum absolute atomic E-state index is 0.525. The summed E-state index contributed by atoms with van der Waals surface area (Å²) < 4.78 is 28.1. The molecule has 7 nitrogen and oxygen atoms in total. The summed E-state index contributed by atoms with van der Waals surface area (Å²) in [6.45, 7) is 7.08. The summed E-state index contributed by atoms with van der Waals surface area (Å²) in [7, 11) is 3.38. The van der Waals surface area contributed by atoms with Crippen LogP contribution in [0.1, 0.15) is 22.3 Å². The van der Waals surface area contributed by atoms with Crippen LogP contribution in [0.15, 0.2) is 97.1 Å². The van der Waals surface area contributed by atoms with Gasteiger partial charge in [0, 0.05) is 37.6 Å². The van der Waals surface area contributed by atoms with Crippen molar-refractivity contribution in [2.24, 2.45) is 0 Å². The molecule has 1 heterocycles. The van der Waals surface area contributed by atoms with Crippen LogP contribution in [0.4, 0.5) is 11.4 Å². The topological polar surface area (TPSA) is 52.6 Å². The van der Waals surface area contributed by atoms with Gasteiger partial charge in [0.15, 0.2) is 0 Å². The molecule has 0 spiro atoms. The Hall–Kier alpha value is -4.04. The molecule has 0 aromatic heterocycles. The molecule has 0 radical (unpaired) electrons. The van der Waals surface area contributed by atoms with E-state index in [2.05, 4.69) is 70.5 Å². The largest absolute Gasteiger partial charge is 0.497 e. The third-order valence-corrected chi connectivity index (χ3v) is 7.51. The van der Waals surface area contributed by atoms with Crippen LogP contribution in [-0.4, -0.2) is 53.7 Å². The van der Waals surface area contributed by atoms with Crippen molar-refractivity contribution >= 4 is 11.4 Å². The van der Waals surface area contributed by atoms with Gasteiger partial charge in [-0.2, -0.15) is 0 Å². The molecule has 226 valence electrons. The first-order chi connectivity index (χ1) is 21.2. The second kappa shape index (κ2) is 16.0. The third-order valence-electron chi connectivity index (χ3n) is 7.51. The molecule has 1 aliphatic rings. The number of ether oxygens (including phenoxy) is 5. The smallest absolute Gasteiger partial charge is 0.119 e. The van der Waals surface area contributed by atoms with Crippen LogP contribution in [-0.2, 0) is 40.5 Å². The maximum atomic E-state index is 5.98. The van der Waals surface area contributed by atoms with Crippen molar-refractivity contribution in [3.05, 3.63) is 119 Å². The van der Waals surface area contributed by atoms with E-state index >= 15 is 0 Å². The van der Waals surface area contributed by atoms with Crippen molar-refractivity contribution in [2.75, 3.05) is 63.5 Å². The second-order valence-corrected chi connectivity index (χ2v) is 10.6. The maximum Gasteiger partial charge on any atom is 0.119 e. The fourth-order valence-corrected chi connectivity index (χ4v) is 5.19. The normalized spacial score (nSPS) is 13.1. The van der Waals surface area contributed by atoms with Gasteiger partial charge in [0.2, 0.25) is 0 Å². The first kappa shape index (κ1) is 30.4. The molecule has 0 bridgehead atoms. The molecule has 5 rings (SSSR count). The van der Waals surface area contributed by atoms with Gasteiger partial charge in [-0.05, 0) is 70.8 Å². The van der Waals surface area contributed by atoms with E-state index in [1.807, 2.05) is 36.4 Å². The summed E-state index contributed by atoms with van der Waals surface area (Å²) in [5.41, 5.74) is 7.06. The molecular formula is C36H42N2O5. The number of rotatable bonds is 15. The highest BCUT2D eigenvalue weighted by molar-refractivity contribution is 5.52. The third kappa shape index (κ3) is 9.22. The molecular weight excluding hydrogens is 540 g/mol. The molecule has 4 aromatic rings. The van der Waals surface area contributed by atoms with Crippen molar-refractivity contribution in [2.45, 2.75) is 26.3 Å². The minimum atomic E-state index is 0.525. The van der Waals surface area contributed by atoms with E-state index in [1.54, 1.807) is 14.2 Å². The standard InChI is InChI=1S/C36H42N2O5/c1-39-35-10-4-6-30(23-35)26-38(25-29-12-14-33(15-13-29)37-16-18-41-19-17-37)34-9-3-7-31(22-34)27-42-20-21-43-28-32-8-5-11-36(24-32)40-2/h3-15,22-24H,16-21,25-28H2,1-2H3. The van der Waals surface area contributed by atoms with Crippen LogP contribution in [0, 0.1) is 0 Å². The average Bonchev–Trinajstić information content (AvgIpc) is 3.07. The Balaban J connectivity index is 1.21. The van der Waals surface area contributed by atoms with Gasteiger partial charge < -0.3 is 33.5 Å². The quantitative estimate of drug-likeness (QED) is 0.149. The molecule has 0 atom stereocenters. The molecule has 0 N–H and O–H groups in total. The highest BCUT2D eigenvalue weighted by Crippen LogP contribution is 2.25. The van der Waals surface area contributed by atoms with Crippen molar-refractivity contribution in [1.29, 1.82) is 0 Å². The maximum absolute atomic E-state index is 5.98. The van der Waals surface area contributed by atoms with Crippen molar-refractivity contribution < 1.29 is 23.7 Å². The highest BCUT2D eigenvalue weighted by atomic mass is 16.5. The number of anilines is 2. The summed E-state index contributed by atoms with van der Waals surface area (Å²) in [6.07, 6.45) is 0. The van der Waals surface area contributed by atoms with E-state index < -0.39 is 0 Å². The van der Waals surface area contributed by atoms with Crippen LogP contribution in [0.5, 0.6) is 11.5 Å². The predicted molar refractivity (Wildman–Crippen MR) is 171 cm³/mol. The van der Waals surface area contributed by atoms with Crippen molar-refractivity contribution in [1.82, 2.24) is 0 Å². The monoisotopic (exact) mass is 582 g/mol. The second-order valence-electron chi connectivity index (χ2n) is 10.6. The van der Waals surface area contributed by atoms with Crippen LogP contribution in [0.25, 0.3) is 0 Å². The fourth-order valence-electron chi connectivity index (χ4n) is 5.19. The number of methoxy groups -OCH3 is 2. The molecule has 1 fully saturated rings. The predicted octanol–water partition coefficient (Wildman–Crippen LogP) is 6.48. The van der Waals surface area contributed by atoms with Crippen LogP contribution < -0.4 is 19.3 Å².